The van der Waals surface area contributed by atoms with E-state index in [9.17, 15) is 0 Å². The lowest BCUT2D eigenvalue weighted by molar-refractivity contribution is 1.03. The fourth-order valence-electron chi connectivity index (χ4n) is 1.54. The van der Waals surface area contributed by atoms with Gasteiger partial charge in [0.25, 0.3) is 0 Å². The molecule has 5 heteroatoms. The van der Waals surface area contributed by atoms with Crippen LogP contribution < -0.4 is 5.73 Å². The van der Waals surface area contributed by atoms with Gasteiger partial charge in [-0.25, -0.2) is 9.97 Å². The highest BCUT2D eigenvalue weighted by Crippen LogP contribution is 2.33. The van der Waals surface area contributed by atoms with Crippen LogP contribution in [0.2, 0.25) is 0 Å². The number of hydrogen-bond acceptors (Lipinski definition) is 5. The molecule has 0 saturated heterocycles. The molecule has 0 aromatic carbocycles. The Labute approximate surface area is 91.8 Å². The van der Waals surface area contributed by atoms with Crippen LogP contribution in [0.1, 0.15) is 17.4 Å². The van der Waals surface area contributed by atoms with Crippen molar-refractivity contribution < 1.29 is 0 Å². The van der Waals surface area contributed by atoms with Gasteiger partial charge in [-0.05, 0) is 18.9 Å². The molecule has 2 aromatic rings. The van der Waals surface area contributed by atoms with E-state index in [2.05, 4.69) is 36.4 Å². The van der Waals surface area contributed by atoms with Crippen molar-refractivity contribution in [2.24, 2.45) is 0 Å². The quantitative estimate of drug-likeness (QED) is 0.579. The van der Waals surface area contributed by atoms with Gasteiger partial charge in [-0.15, -0.1) is 24.0 Å². The van der Waals surface area contributed by atoms with Crippen LogP contribution in [0.5, 0.6) is 0 Å². The molecule has 14 heavy (non-hydrogen) atoms. The lowest BCUT2D eigenvalue weighted by Gasteiger charge is -1.97. The Bertz CT molecular complexity index is 490. The van der Waals surface area contributed by atoms with E-state index in [1.165, 1.54) is 10.4 Å². The van der Waals surface area contributed by atoms with Crippen LogP contribution >= 0.6 is 24.0 Å². The number of thiol groups is 1. The molecule has 0 atom stereocenters. The zero-order chi connectivity index (χ0) is 10.3. The number of aromatic nitrogens is 2. The van der Waals surface area contributed by atoms with Gasteiger partial charge in [0.05, 0.1) is 5.39 Å². The molecule has 0 aliphatic rings. The molecule has 0 aliphatic heterocycles. The van der Waals surface area contributed by atoms with E-state index in [-0.39, 0.29) is 0 Å². The summed E-state index contributed by atoms with van der Waals surface area (Å²) in [5.41, 5.74) is 7.04. The highest BCUT2D eigenvalue weighted by Gasteiger charge is 2.12. The molecule has 2 rings (SSSR count). The summed E-state index contributed by atoms with van der Waals surface area (Å²) < 4.78 is 0. The summed E-state index contributed by atoms with van der Waals surface area (Å²) in [5.74, 6) is 0.536. The van der Waals surface area contributed by atoms with Crippen LogP contribution in [-0.2, 0) is 6.42 Å². The van der Waals surface area contributed by atoms with Crippen LogP contribution in [-0.4, -0.2) is 9.97 Å². The third-order valence-corrected chi connectivity index (χ3v) is 3.76. The molecule has 3 nitrogen and oxygen atoms in total. The second-order valence-electron chi connectivity index (χ2n) is 3.09. The average Bonchev–Trinajstić information content (AvgIpc) is 2.42. The summed E-state index contributed by atoms with van der Waals surface area (Å²) in [5, 5.41) is 1.43. The van der Waals surface area contributed by atoms with Gasteiger partial charge in [0.2, 0.25) is 0 Å². The largest absolute Gasteiger partial charge is 0.383 e. The van der Waals surface area contributed by atoms with E-state index >= 15 is 0 Å². The number of aryl methyl sites for hydroxylation is 2. The Kier molecular flexibility index (Phi) is 2.36. The first-order valence-electron chi connectivity index (χ1n) is 4.38. The van der Waals surface area contributed by atoms with Gasteiger partial charge < -0.3 is 5.73 Å². The second kappa shape index (κ2) is 3.40. The highest BCUT2D eigenvalue weighted by molar-refractivity contribution is 7.80. The molecule has 2 aromatic heterocycles. The summed E-state index contributed by atoms with van der Waals surface area (Å²) in [7, 11) is 0. The minimum absolute atomic E-state index is 0.443. The highest BCUT2D eigenvalue weighted by atomic mass is 32.1. The summed E-state index contributed by atoms with van der Waals surface area (Å²) in [6.07, 6.45) is 1.01. The van der Waals surface area contributed by atoms with Gasteiger partial charge in [0, 0.05) is 4.88 Å². The number of nitrogen functional groups attached to an aromatic ring is 1. The second-order valence-corrected chi connectivity index (χ2v) is 4.58. The lowest BCUT2D eigenvalue weighted by atomic mass is 10.2. The molecule has 0 fully saturated rings. The first-order valence-corrected chi connectivity index (χ1v) is 5.64. The maximum absolute atomic E-state index is 5.83. The molecular weight excluding hydrogens is 214 g/mol. The van der Waals surface area contributed by atoms with E-state index in [1.807, 2.05) is 0 Å². The van der Waals surface area contributed by atoms with E-state index in [0.717, 1.165) is 16.6 Å². The number of fused-ring (bicyclic) bond motifs is 1. The Morgan fingerprint density at radius 1 is 1.43 bits per heavy atom. The molecule has 0 bridgehead atoms. The van der Waals surface area contributed by atoms with Crippen LogP contribution in [0.4, 0.5) is 5.82 Å². The van der Waals surface area contributed by atoms with Crippen molar-refractivity contribution in [2.45, 2.75) is 25.4 Å². The molecule has 2 heterocycles. The summed E-state index contributed by atoms with van der Waals surface area (Å²) in [4.78, 5) is 10.6. The van der Waals surface area contributed by atoms with Gasteiger partial charge >= 0.3 is 0 Å². The average molecular weight is 225 g/mol. The van der Waals surface area contributed by atoms with Gasteiger partial charge in [0.15, 0.2) is 5.16 Å². The zero-order valence-corrected chi connectivity index (χ0v) is 9.75. The van der Waals surface area contributed by atoms with Crippen molar-refractivity contribution in [2.75, 3.05) is 5.73 Å². The summed E-state index contributed by atoms with van der Waals surface area (Å²) in [6.45, 7) is 4.19. The molecule has 0 amide bonds. The third-order valence-electron chi connectivity index (χ3n) is 2.23. The number of thiophene rings is 1. The van der Waals surface area contributed by atoms with Crippen LogP contribution in [0, 0.1) is 6.92 Å². The van der Waals surface area contributed by atoms with Gasteiger partial charge in [-0.2, -0.15) is 0 Å². The first-order chi connectivity index (χ1) is 6.63. The monoisotopic (exact) mass is 225 g/mol. The maximum Gasteiger partial charge on any atom is 0.187 e. The van der Waals surface area contributed by atoms with E-state index < -0.39 is 0 Å². The van der Waals surface area contributed by atoms with E-state index in [4.69, 9.17) is 5.73 Å². The summed E-state index contributed by atoms with van der Waals surface area (Å²) in [6, 6.07) is 0. The third kappa shape index (κ3) is 1.36. The van der Waals surface area contributed by atoms with Crippen LogP contribution in [0.25, 0.3) is 10.2 Å². The molecule has 0 unspecified atom stereocenters. The van der Waals surface area contributed by atoms with Gasteiger partial charge in [0.1, 0.15) is 10.6 Å². The van der Waals surface area contributed by atoms with Gasteiger partial charge in [-0.1, -0.05) is 6.92 Å². The van der Waals surface area contributed by atoms with Crippen molar-refractivity contribution >= 4 is 40.0 Å². The molecule has 0 aliphatic carbocycles. The minimum atomic E-state index is 0.443. The standard InChI is InChI=1S/C9H11N3S2/c1-3-5-4(2)6-7(10)11-9(13)12-8(6)14-5/h3H2,1-2H3,(H3,10,11,12,13). The van der Waals surface area contributed by atoms with Crippen molar-refractivity contribution in [3.8, 4) is 0 Å². The molecule has 74 valence electrons. The number of nitrogens with two attached hydrogens (primary N) is 1. The predicted molar refractivity (Wildman–Crippen MR) is 63.2 cm³/mol. The van der Waals surface area contributed by atoms with Crippen molar-refractivity contribution in [3.05, 3.63) is 10.4 Å². The predicted octanol–water partition coefficient (Wildman–Crippen LogP) is 2.43. The zero-order valence-electron chi connectivity index (χ0n) is 8.03. The normalized spacial score (nSPS) is 11.1. The number of rotatable bonds is 1. The Morgan fingerprint density at radius 3 is 2.79 bits per heavy atom. The Morgan fingerprint density at radius 2 is 2.14 bits per heavy atom. The fourth-order valence-corrected chi connectivity index (χ4v) is 2.94. The van der Waals surface area contributed by atoms with Crippen molar-refractivity contribution in [1.29, 1.82) is 0 Å². The first kappa shape index (κ1) is 9.73. The molecule has 2 N–H and O–H groups in total. The molecule has 0 spiro atoms. The van der Waals surface area contributed by atoms with Crippen molar-refractivity contribution in [3.63, 3.8) is 0 Å². The SMILES string of the molecule is CCc1sc2nc(S)nc(N)c2c1C. The topological polar surface area (TPSA) is 51.8 Å². The fraction of sp³-hybridized carbons (Fsp3) is 0.333. The number of hydrogen-bond donors (Lipinski definition) is 2. The molecule has 0 saturated carbocycles. The van der Waals surface area contributed by atoms with Crippen LogP contribution in [0.15, 0.2) is 5.16 Å². The van der Waals surface area contributed by atoms with Crippen LogP contribution in [0.3, 0.4) is 0 Å². The van der Waals surface area contributed by atoms with Crippen molar-refractivity contribution in [1.82, 2.24) is 9.97 Å². The Hall–Kier alpha value is -0.810. The number of anilines is 1. The van der Waals surface area contributed by atoms with E-state index in [0.29, 0.717) is 11.0 Å². The minimum Gasteiger partial charge on any atom is -0.383 e. The van der Waals surface area contributed by atoms with Gasteiger partial charge in [-0.3, -0.25) is 0 Å². The maximum atomic E-state index is 5.83. The smallest absolute Gasteiger partial charge is 0.187 e. The lowest BCUT2D eigenvalue weighted by Crippen LogP contribution is -1.94. The van der Waals surface area contributed by atoms with E-state index in [1.54, 1.807) is 11.3 Å². The summed E-state index contributed by atoms with van der Waals surface area (Å²) >= 11 is 5.78. The Balaban J connectivity index is 2.85. The molecule has 0 radical (unpaired) electrons. The number of nitrogens with zero attached hydrogens (tertiary/aromatic N) is 2. The molecular formula is C9H11N3S2.